The van der Waals surface area contributed by atoms with Crippen molar-refractivity contribution in [3.05, 3.63) is 27.5 Å². The molecule has 0 spiro atoms. The minimum Gasteiger partial charge on any atom is -0.397 e. The Morgan fingerprint density at radius 1 is 1.45 bits per heavy atom. The second kappa shape index (κ2) is 2.88. The summed E-state index contributed by atoms with van der Waals surface area (Å²) in [5, 5.41) is -0.100. The summed E-state index contributed by atoms with van der Waals surface area (Å²) < 4.78 is 12.8. The molecule has 60 valence electrons. The molecule has 0 aliphatic carbocycles. The lowest BCUT2D eigenvalue weighted by Gasteiger charge is -2.04. The van der Waals surface area contributed by atoms with Crippen molar-refractivity contribution in [2.24, 2.45) is 0 Å². The minimum absolute atomic E-state index is 0.00157. The Hall–Kier alpha value is -0.470. The topological polar surface area (TPSA) is 26.0 Å². The fourth-order valence-electron chi connectivity index (χ4n) is 0.727. The van der Waals surface area contributed by atoms with Gasteiger partial charge in [0.2, 0.25) is 0 Å². The fraction of sp³-hybridized carbons (Fsp3) is 0.143. The molecule has 0 aliphatic rings. The smallest absolute Gasteiger partial charge is 0.162 e. The summed E-state index contributed by atoms with van der Waals surface area (Å²) in [6, 6.07) is 1.44. The van der Waals surface area contributed by atoms with Gasteiger partial charge in [0.05, 0.1) is 10.7 Å². The molecule has 2 N–H and O–H groups in total. The van der Waals surface area contributed by atoms with Gasteiger partial charge in [-0.25, -0.2) is 4.39 Å². The molecule has 1 aromatic rings. The van der Waals surface area contributed by atoms with Gasteiger partial charge in [0.25, 0.3) is 0 Å². The molecule has 0 heterocycles. The molecule has 0 unspecified atom stereocenters. The van der Waals surface area contributed by atoms with E-state index in [-0.39, 0.29) is 15.7 Å². The van der Waals surface area contributed by atoms with E-state index in [1.807, 2.05) is 0 Å². The molecule has 0 saturated carbocycles. The van der Waals surface area contributed by atoms with Crippen molar-refractivity contribution in [3.8, 4) is 0 Å². The number of benzene rings is 1. The highest BCUT2D eigenvalue weighted by Gasteiger charge is 2.10. The Balaban J connectivity index is 3.46. The van der Waals surface area contributed by atoms with E-state index in [9.17, 15) is 4.39 Å². The first kappa shape index (κ1) is 8.62. The minimum atomic E-state index is -0.656. The third-order valence-corrected chi connectivity index (χ3v) is 2.05. The fourth-order valence-corrected chi connectivity index (χ4v) is 1.28. The van der Waals surface area contributed by atoms with Gasteiger partial charge in [-0.2, -0.15) is 0 Å². The van der Waals surface area contributed by atoms with Gasteiger partial charge in [-0.1, -0.05) is 23.2 Å². The third kappa shape index (κ3) is 1.42. The number of rotatable bonds is 0. The van der Waals surface area contributed by atoms with Crippen LogP contribution in [0.3, 0.4) is 0 Å². The maximum Gasteiger partial charge on any atom is 0.162 e. The summed E-state index contributed by atoms with van der Waals surface area (Å²) in [7, 11) is 0. The van der Waals surface area contributed by atoms with Crippen molar-refractivity contribution in [1.29, 1.82) is 0 Å². The van der Waals surface area contributed by atoms with Crippen molar-refractivity contribution in [1.82, 2.24) is 0 Å². The predicted molar refractivity (Wildman–Crippen MR) is 45.6 cm³/mol. The molecule has 0 atom stereocenters. The Labute approximate surface area is 73.9 Å². The van der Waals surface area contributed by atoms with Crippen molar-refractivity contribution in [3.63, 3.8) is 0 Å². The standard InChI is InChI=1S/C7H6Cl2FN/c1-3-2-4(8)6(10)5(9)7(3)11/h2H,11H2,1H3. The van der Waals surface area contributed by atoms with Gasteiger partial charge in [0, 0.05) is 0 Å². The van der Waals surface area contributed by atoms with Crippen molar-refractivity contribution in [2.75, 3.05) is 5.73 Å². The molecule has 0 aliphatic heterocycles. The van der Waals surface area contributed by atoms with Crippen molar-refractivity contribution >= 4 is 28.9 Å². The maximum atomic E-state index is 12.8. The summed E-state index contributed by atoms with van der Waals surface area (Å²) in [5.74, 6) is -0.656. The van der Waals surface area contributed by atoms with Crippen LogP contribution in [0.4, 0.5) is 10.1 Å². The van der Waals surface area contributed by atoms with E-state index in [1.54, 1.807) is 6.92 Å². The molecule has 0 saturated heterocycles. The number of nitrogen functional groups attached to an aromatic ring is 1. The number of anilines is 1. The van der Waals surface area contributed by atoms with E-state index >= 15 is 0 Å². The normalized spacial score (nSPS) is 10.2. The van der Waals surface area contributed by atoms with Crippen LogP contribution in [0.15, 0.2) is 6.07 Å². The largest absolute Gasteiger partial charge is 0.397 e. The van der Waals surface area contributed by atoms with Gasteiger partial charge < -0.3 is 5.73 Å². The molecule has 11 heavy (non-hydrogen) atoms. The number of hydrogen-bond donors (Lipinski definition) is 1. The molecule has 4 heteroatoms. The van der Waals surface area contributed by atoms with Gasteiger partial charge >= 0.3 is 0 Å². The Morgan fingerprint density at radius 2 is 2.00 bits per heavy atom. The first-order chi connectivity index (χ1) is 5.04. The average Bonchev–Trinajstić information content (AvgIpc) is 1.97. The Morgan fingerprint density at radius 3 is 2.55 bits per heavy atom. The molecule has 1 nitrogen and oxygen atoms in total. The van der Waals surface area contributed by atoms with Gasteiger partial charge in [-0.3, -0.25) is 0 Å². The second-order valence-corrected chi connectivity index (χ2v) is 3.00. The van der Waals surface area contributed by atoms with Crippen LogP contribution >= 0.6 is 23.2 Å². The average molecular weight is 194 g/mol. The van der Waals surface area contributed by atoms with Crippen LogP contribution in [0, 0.1) is 12.7 Å². The van der Waals surface area contributed by atoms with Crippen LogP contribution < -0.4 is 5.73 Å². The van der Waals surface area contributed by atoms with Crippen molar-refractivity contribution < 1.29 is 4.39 Å². The molecule has 0 aromatic heterocycles. The molecule has 1 aromatic carbocycles. The van der Waals surface area contributed by atoms with Crippen molar-refractivity contribution in [2.45, 2.75) is 6.92 Å². The SMILES string of the molecule is Cc1cc(Cl)c(F)c(Cl)c1N. The van der Waals surface area contributed by atoms with Gasteiger partial charge in [0.1, 0.15) is 5.02 Å². The lowest BCUT2D eigenvalue weighted by Crippen LogP contribution is -1.93. The van der Waals surface area contributed by atoms with Gasteiger partial charge in [-0.15, -0.1) is 0 Å². The summed E-state index contributed by atoms with van der Waals surface area (Å²) in [5.41, 5.74) is 6.35. The quantitative estimate of drug-likeness (QED) is 0.498. The van der Waals surface area contributed by atoms with Crippen LogP contribution in [0.5, 0.6) is 0 Å². The molecule has 0 fully saturated rings. The summed E-state index contributed by atoms with van der Waals surface area (Å²) >= 11 is 11.0. The number of aryl methyl sites for hydroxylation is 1. The van der Waals surface area contributed by atoms with Crippen LogP contribution in [0.1, 0.15) is 5.56 Å². The van der Waals surface area contributed by atoms with E-state index in [1.165, 1.54) is 6.07 Å². The third-order valence-electron chi connectivity index (χ3n) is 1.41. The maximum absolute atomic E-state index is 12.8. The molecule has 1 rings (SSSR count). The molecule has 0 radical (unpaired) electrons. The van der Waals surface area contributed by atoms with E-state index in [0.717, 1.165) is 0 Å². The van der Waals surface area contributed by atoms with E-state index in [0.29, 0.717) is 5.56 Å². The monoisotopic (exact) mass is 193 g/mol. The van der Waals surface area contributed by atoms with Crippen LogP contribution in [0.25, 0.3) is 0 Å². The number of hydrogen-bond acceptors (Lipinski definition) is 1. The van der Waals surface area contributed by atoms with E-state index in [4.69, 9.17) is 28.9 Å². The molecular weight excluding hydrogens is 188 g/mol. The first-order valence-electron chi connectivity index (χ1n) is 2.93. The van der Waals surface area contributed by atoms with Gasteiger partial charge in [-0.05, 0) is 18.6 Å². The molecular formula is C7H6Cl2FN. The summed E-state index contributed by atoms with van der Waals surface area (Å²) in [4.78, 5) is 0. The Bertz CT molecular complexity index is 273. The van der Waals surface area contributed by atoms with E-state index in [2.05, 4.69) is 0 Å². The highest BCUT2D eigenvalue weighted by Crippen LogP contribution is 2.30. The van der Waals surface area contributed by atoms with Gasteiger partial charge in [0.15, 0.2) is 5.82 Å². The van der Waals surface area contributed by atoms with E-state index < -0.39 is 5.82 Å². The van der Waals surface area contributed by atoms with Crippen LogP contribution in [-0.4, -0.2) is 0 Å². The first-order valence-corrected chi connectivity index (χ1v) is 3.69. The molecule has 0 amide bonds. The molecule has 0 bridgehead atoms. The predicted octanol–water partition coefficient (Wildman–Crippen LogP) is 3.02. The highest BCUT2D eigenvalue weighted by atomic mass is 35.5. The lowest BCUT2D eigenvalue weighted by molar-refractivity contribution is 0.629. The van der Waals surface area contributed by atoms with Crippen LogP contribution in [0.2, 0.25) is 10.0 Å². The summed E-state index contributed by atoms with van der Waals surface area (Å²) in [6.45, 7) is 1.71. The number of halogens is 3. The highest BCUT2D eigenvalue weighted by molar-refractivity contribution is 6.36. The Kier molecular flexibility index (Phi) is 2.25. The lowest BCUT2D eigenvalue weighted by atomic mass is 10.2. The zero-order valence-electron chi connectivity index (χ0n) is 5.79. The second-order valence-electron chi connectivity index (χ2n) is 2.22. The zero-order chi connectivity index (χ0) is 8.59. The zero-order valence-corrected chi connectivity index (χ0v) is 7.30. The van der Waals surface area contributed by atoms with Crippen LogP contribution in [-0.2, 0) is 0 Å². The summed E-state index contributed by atoms with van der Waals surface area (Å²) in [6.07, 6.45) is 0. The number of nitrogens with two attached hydrogens (primary N) is 1.